The lowest BCUT2D eigenvalue weighted by Crippen LogP contribution is -2.46. The quantitative estimate of drug-likeness (QED) is 0.700. The van der Waals surface area contributed by atoms with Crippen molar-refractivity contribution >= 4 is 17.4 Å². The summed E-state index contributed by atoms with van der Waals surface area (Å²) in [6, 6.07) is 18.1. The van der Waals surface area contributed by atoms with Crippen LogP contribution < -0.4 is 14.2 Å². The molecule has 1 unspecified atom stereocenters. The molecule has 1 atom stereocenters. The minimum atomic E-state index is -1.15. The summed E-state index contributed by atoms with van der Waals surface area (Å²) in [6.45, 7) is 0.0559. The lowest BCUT2D eigenvalue weighted by atomic mass is 9.68. The van der Waals surface area contributed by atoms with Crippen molar-refractivity contribution < 1.29 is 24.1 Å². The maximum atomic E-state index is 13.9. The van der Waals surface area contributed by atoms with Gasteiger partial charge in [-0.2, -0.15) is 0 Å². The Balaban J connectivity index is 1.78. The molecule has 3 aromatic carbocycles. The van der Waals surface area contributed by atoms with Gasteiger partial charge in [0.1, 0.15) is 23.3 Å². The molecule has 140 valence electrons. The van der Waals surface area contributed by atoms with Crippen molar-refractivity contribution in [1.29, 1.82) is 0 Å². The van der Waals surface area contributed by atoms with Crippen LogP contribution in [0.5, 0.6) is 23.0 Å². The van der Waals surface area contributed by atoms with Crippen LogP contribution in [0.1, 0.15) is 21.5 Å². The summed E-state index contributed by atoms with van der Waals surface area (Å²) in [5.74, 6) is 0.250. The number of ketones is 1. The Labute approximate surface area is 166 Å². The Morgan fingerprint density at radius 2 is 1.68 bits per heavy atom. The van der Waals surface area contributed by atoms with Gasteiger partial charge in [-0.15, -0.1) is 0 Å². The molecule has 2 heterocycles. The number of phenolic OH excluding ortho intramolecular Hbond substituents is 1. The maximum absolute atomic E-state index is 13.9. The van der Waals surface area contributed by atoms with E-state index in [9.17, 15) is 9.90 Å². The molecule has 0 saturated heterocycles. The Morgan fingerprint density at radius 1 is 0.893 bits per heavy atom. The zero-order valence-corrected chi connectivity index (χ0v) is 15.4. The summed E-state index contributed by atoms with van der Waals surface area (Å²) in [6.07, 6.45) is 0. The number of ether oxygens (including phenoxy) is 3. The van der Waals surface area contributed by atoms with Gasteiger partial charge in [-0.3, -0.25) is 4.79 Å². The van der Waals surface area contributed by atoms with E-state index in [1.165, 1.54) is 0 Å². The molecule has 3 aromatic rings. The number of hydrogen-bond donors (Lipinski definition) is 1. The molecule has 0 bridgehead atoms. The molecule has 2 aliphatic rings. The van der Waals surface area contributed by atoms with Gasteiger partial charge in [0.25, 0.3) is 0 Å². The van der Waals surface area contributed by atoms with Gasteiger partial charge in [-0.05, 0) is 23.3 Å². The second kappa shape index (κ2) is 6.17. The van der Waals surface area contributed by atoms with Crippen LogP contribution in [-0.4, -0.2) is 24.3 Å². The third-order valence-corrected chi connectivity index (χ3v) is 5.48. The SMILES string of the molecule is O=C1c2c(cc3c(c2O)OCO3)OCC1(c1ccccc1)c1cccc(Cl)c1. The highest BCUT2D eigenvalue weighted by molar-refractivity contribution is 6.30. The van der Waals surface area contributed by atoms with Gasteiger partial charge in [-0.1, -0.05) is 54.1 Å². The molecular weight excluding hydrogens is 380 g/mol. The lowest BCUT2D eigenvalue weighted by molar-refractivity contribution is 0.0813. The van der Waals surface area contributed by atoms with Crippen molar-refractivity contribution in [3.8, 4) is 23.0 Å². The van der Waals surface area contributed by atoms with E-state index in [2.05, 4.69) is 0 Å². The van der Waals surface area contributed by atoms with Crippen LogP contribution in [0.15, 0.2) is 60.7 Å². The van der Waals surface area contributed by atoms with Crippen molar-refractivity contribution in [3.63, 3.8) is 0 Å². The summed E-state index contributed by atoms with van der Waals surface area (Å²) in [4.78, 5) is 13.9. The number of carbonyl (C=O) groups is 1. The Hall–Kier alpha value is -3.18. The molecule has 0 saturated carbocycles. The van der Waals surface area contributed by atoms with E-state index in [0.29, 0.717) is 16.3 Å². The topological polar surface area (TPSA) is 65.0 Å². The second-order valence-electron chi connectivity index (χ2n) is 6.73. The molecule has 6 heteroatoms. The van der Waals surface area contributed by atoms with Crippen molar-refractivity contribution in [1.82, 2.24) is 0 Å². The number of hydrogen-bond acceptors (Lipinski definition) is 5. The predicted octanol–water partition coefficient (Wildman–Crippen LogP) is 4.34. The van der Waals surface area contributed by atoms with Crippen LogP contribution in [0.25, 0.3) is 0 Å². The van der Waals surface area contributed by atoms with Crippen LogP contribution >= 0.6 is 11.6 Å². The van der Waals surface area contributed by atoms with E-state index in [4.69, 9.17) is 25.8 Å². The first-order valence-electron chi connectivity index (χ1n) is 8.76. The Morgan fingerprint density at radius 3 is 2.46 bits per heavy atom. The first-order chi connectivity index (χ1) is 13.6. The number of carbonyl (C=O) groups excluding carboxylic acids is 1. The van der Waals surface area contributed by atoms with Gasteiger partial charge in [-0.25, -0.2) is 0 Å². The fourth-order valence-corrected chi connectivity index (χ4v) is 4.06. The van der Waals surface area contributed by atoms with Crippen LogP contribution in [0.2, 0.25) is 5.02 Å². The van der Waals surface area contributed by atoms with Crippen molar-refractivity contribution in [2.45, 2.75) is 5.41 Å². The zero-order chi connectivity index (χ0) is 19.3. The van der Waals surface area contributed by atoms with E-state index in [1.54, 1.807) is 24.3 Å². The van der Waals surface area contributed by atoms with Gasteiger partial charge in [0.2, 0.25) is 12.5 Å². The highest BCUT2D eigenvalue weighted by atomic mass is 35.5. The number of Topliss-reactive ketones (excluding diaryl/α,β-unsaturated/α-hetero) is 1. The molecule has 28 heavy (non-hydrogen) atoms. The normalized spacial score (nSPS) is 19.8. The molecule has 5 nitrogen and oxygen atoms in total. The molecule has 1 N–H and O–H groups in total. The fourth-order valence-electron chi connectivity index (χ4n) is 3.87. The molecule has 0 spiro atoms. The van der Waals surface area contributed by atoms with E-state index >= 15 is 0 Å². The minimum Gasteiger partial charge on any atom is -0.504 e. The van der Waals surface area contributed by atoms with Crippen LogP contribution in [0, 0.1) is 0 Å². The molecule has 0 aromatic heterocycles. The summed E-state index contributed by atoms with van der Waals surface area (Å²) in [5, 5.41) is 11.3. The average molecular weight is 395 g/mol. The summed E-state index contributed by atoms with van der Waals surface area (Å²) in [7, 11) is 0. The number of aromatic hydroxyl groups is 1. The first-order valence-corrected chi connectivity index (χ1v) is 9.14. The first kappa shape index (κ1) is 17.0. The Kier molecular flexibility index (Phi) is 3.74. The monoisotopic (exact) mass is 394 g/mol. The molecule has 5 rings (SSSR count). The predicted molar refractivity (Wildman–Crippen MR) is 103 cm³/mol. The molecule has 0 radical (unpaired) electrons. The summed E-state index contributed by atoms with van der Waals surface area (Å²) < 4.78 is 16.7. The maximum Gasteiger partial charge on any atom is 0.231 e. The van der Waals surface area contributed by atoms with Crippen molar-refractivity contribution in [2.24, 2.45) is 0 Å². The van der Waals surface area contributed by atoms with Gasteiger partial charge in [0, 0.05) is 11.1 Å². The van der Waals surface area contributed by atoms with Crippen molar-refractivity contribution in [2.75, 3.05) is 13.4 Å². The van der Waals surface area contributed by atoms with E-state index in [0.717, 1.165) is 5.56 Å². The highest BCUT2D eigenvalue weighted by Gasteiger charge is 2.49. The molecule has 2 aliphatic heterocycles. The van der Waals surface area contributed by atoms with E-state index in [1.807, 2.05) is 36.4 Å². The average Bonchev–Trinajstić information content (AvgIpc) is 3.18. The number of phenols is 1. The van der Waals surface area contributed by atoms with Crippen LogP contribution in [0.3, 0.4) is 0 Å². The number of rotatable bonds is 2. The van der Waals surface area contributed by atoms with Gasteiger partial charge in [0.15, 0.2) is 17.3 Å². The van der Waals surface area contributed by atoms with Crippen LogP contribution in [0.4, 0.5) is 0 Å². The largest absolute Gasteiger partial charge is 0.504 e. The molecule has 0 fully saturated rings. The highest BCUT2D eigenvalue weighted by Crippen LogP contribution is 2.52. The van der Waals surface area contributed by atoms with Gasteiger partial charge >= 0.3 is 0 Å². The summed E-state index contributed by atoms with van der Waals surface area (Å²) >= 11 is 6.23. The van der Waals surface area contributed by atoms with E-state index in [-0.39, 0.29) is 42.0 Å². The molecule has 0 aliphatic carbocycles. The van der Waals surface area contributed by atoms with Gasteiger partial charge in [0.05, 0.1) is 0 Å². The van der Waals surface area contributed by atoms with Gasteiger partial charge < -0.3 is 19.3 Å². The standard InChI is InChI=1S/C22H15ClO5/c23-15-8-4-7-14(9-15)22(13-5-2-1-3-6-13)11-26-16-10-17-20(28-12-27-17)19(24)18(16)21(22)25/h1-10,24H,11-12H2. The fraction of sp³-hybridized carbons (Fsp3) is 0.136. The molecule has 0 amide bonds. The zero-order valence-electron chi connectivity index (χ0n) is 14.6. The summed E-state index contributed by atoms with van der Waals surface area (Å²) in [5.41, 5.74) is 0.382. The van der Waals surface area contributed by atoms with Crippen molar-refractivity contribution in [3.05, 3.63) is 82.4 Å². The second-order valence-corrected chi connectivity index (χ2v) is 7.17. The minimum absolute atomic E-state index is 0.0158. The third-order valence-electron chi connectivity index (χ3n) is 5.24. The smallest absolute Gasteiger partial charge is 0.231 e. The molecular formula is C22H15ClO5. The Bertz CT molecular complexity index is 1100. The third kappa shape index (κ3) is 2.29. The van der Waals surface area contributed by atoms with E-state index < -0.39 is 5.41 Å². The number of fused-ring (bicyclic) bond motifs is 2. The number of halogens is 1. The lowest BCUT2D eigenvalue weighted by Gasteiger charge is -2.37. The number of benzene rings is 3. The van der Waals surface area contributed by atoms with Crippen LogP contribution in [-0.2, 0) is 5.41 Å².